The predicted molar refractivity (Wildman–Crippen MR) is 85.9 cm³/mol. The van der Waals surface area contributed by atoms with Crippen LogP contribution in [0.25, 0.3) is 0 Å². The van der Waals surface area contributed by atoms with Gasteiger partial charge >= 0.3 is 0 Å². The van der Waals surface area contributed by atoms with Crippen molar-refractivity contribution in [1.29, 1.82) is 0 Å². The Kier molecular flexibility index (Phi) is 7.00. The summed E-state index contributed by atoms with van der Waals surface area (Å²) in [6.45, 7) is 9.45. The van der Waals surface area contributed by atoms with Crippen molar-refractivity contribution in [3.63, 3.8) is 0 Å². The summed E-state index contributed by atoms with van der Waals surface area (Å²) >= 11 is 0. The van der Waals surface area contributed by atoms with Crippen LogP contribution in [-0.2, 0) is 0 Å². The van der Waals surface area contributed by atoms with Gasteiger partial charge in [0.1, 0.15) is 5.82 Å². The summed E-state index contributed by atoms with van der Waals surface area (Å²) in [5, 5.41) is 3.39. The maximum atomic E-state index is 14.3. The van der Waals surface area contributed by atoms with Crippen molar-refractivity contribution >= 4 is 5.69 Å². The van der Waals surface area contributed by atoms with Gasteiger partial charge in [0.15, 0.2) is 0 Å². The molecule has 114 valence electrons. The lowest BCUT2D eigenvalue weighted by molar-refractivity contribution is 0.522. The molecule has 0 aliphatic carbocycles. The van der Waals surface area contributed by atoms with E-state index in [1.807, 2.05) is 13.0 Å². The summed E-state index contributed by atoms with van der Waals surface area (Å²) in [6.07, 6.45) is 3.30. The molecule has 20 heavy (non-hydrogen) atoms. The second kappa shape index (κ2) is 8.25. The Bertz CT molecular complexity index is 406. The Morgan fingerprint density at radius 2 is 1.90 bits per heavy atom. The van der Waals surface area contributed by atoms with Crippen LogP contribution in [-0.4, -0.2) is 19.6 Å². The average molecular weight is 280 g/mol. The zero-order valence-corrected chi connectivity index (χ0v) is 13.5. The fourth-order valence-corrected chi connectivity index (χ4v) is 2.57. The van der Waals surface area contributed by atoms with Crippen molar-refractivity contribution in [1.82, 2.24) is 5.32 Å². The minimum Gasteiger partial charge on any atom is -0.372 e. The Labute approximate surface area is 123 Å². The second-order valence-corrected chi connectivity index (χ2v) is 5.60. The molecule has 0 saturated heterocycles. The van der Waals surface area contributed by atoms with Gasteiger partial charge in [0.05, 0.1) is 0 Å². The van der Waals surface area contributed by atoms with Gasteiger partial charge in [-0.3, -0.25) is 0 Å². The van der Waals surface area contributed by atoms with Gasteiger partial charge in [0.2, 0.25) is 0 Å². The van der Waals surface area contributed by atoms with Crippen molar-refractivity contribution in [3.8, 4) is 0 Å². The molecule has 0 radical (unpaired) electrons. The third kappa shape index (κ3) is 4.20. The van der Waals surface area contributed by atoms with Crippen LogP contribution in [0.4, 0.5) is 10.1 Å². The molecule has 1 aromatic carbocycles. The van der Waals surface area contributed by atoms with E-state index in [4.69, 9.17) is 0 Å². The summed E-state index contributed by atoms with van der Waals surface area (Å²) in [4.78, 5) is 2.20. The molecule has 1 aromatic rings. The third-order valence-corrected chi connectivity index (χ3v) is 3.91. The Balaban J connectivity index is 3.03. The summed E-state index contributed by atoms with van der Waals surface area (Å²) in [7, 11) is 2.06. The van der Waals surface area contributed by atoms with Crippen molar-refractivity contribution in [2.24, 2.45) is 0 Å². The molecule has 0 bridgehead atoms. The van der Waals surface area contributed by atoms with E-state index in [0.717, 1.165) is 37.1 Å². The van der Waals surface area contributed by atoms with E-state index in [-0.39, 0.29) is 11.9 Å². The van der Waals surface area contributed by atoms with Gasteiger partial charge in [0, 0.05) is 30.4 Å². The van der Waals surface area contributed by atoms with Crippen LogP contribution in [0.1, 0.15) is 58.6 Å². The summed E-state index contributed by atoms with van der Waals surface area (Å²) in [6, 6.07) is 5.83. The molecule has 2 nitrogen and oxygen atoms in total. The maximum absolute atomic E-state index is 14.3. The molecule has 0 spiro atoms. The zero-order valence-electron chi connectivity index (χ0n) is 13.5. The topological polar surface area (TPSA) is 15.3 Å². The minimum atomic E-state index is -0.117. The molecular weight excluding hydrogens is 251 g/mol. The smallest absolute Gasteiger partial charge is 0.130 e. The Hall–Kier alpha value is -1.09. The first-order valence-corrected chi connectivity index (χ1v) is 7.77. The monoisotopic (exact) mass is 280 g/mol. The van der Waals surface area contributed by atoms with E-state index < -0.39 is 0 Å². The van der Waals surface area contributed by atoms with Crippen LogP contribution >= 0.6 is 0 Å². The molecule has 2 atom stereocenters. The lowest BCUT2D eigenvalue weighted by Gasteiger charge is -2.31. The number of halogens is 1. The quantitative estimate of drug-likeness (QED) is 0.753. The molecular formula is C17H29FN2. The molecule has 1 rings (SSSR count). The molecule has 3 heteroatoms. The highest BCUT2D eigenvalue weighted by atomic mass is 19.1. The van der Waals surface area contributed by atoms with Crippen molar-refractivity contribution in [3.05, 3.63) is 29.6 Å². The van der Waals surface area contributed by atoms with Gasteiger partial charge in [-0.1, -0.05) is 26.3 Å². The van der Waals surface area contributed by atoms with Crippen LogP contribution in [0.2, 0.25) is 0 Å². The summed E-state index contributed by atoms with van der Waals surface area (Å²) < 4.78 is 14.3. The maximum Gasteiger partial charge on any atom is 0.130 e. The van der Waals surface area contributed by atoms with Crippen LogP contribution in [0, 0.1) is 5.82 Å². The number of anilines is 1. The lowest BCUT2D eigenvalue weighted by Crippen LogP contribution is -2.31. The normalized spacial score (nSPS) is 14.1. The fourth-order valence-electron chi connectivity index (χ4n) is 2.57. The molecule has 0 aliphatic rings. The number of nitrogens with one attached hydrogen (secondary N) is 1. The highest BCUT2D eigenvalue weighted by Gasteiger charge is 2.19. The number of hydrogen-bond donors (Lipinski definition) is 1. The van der Waals surface area contributed by atoms with E-state index in [1.165, 1.54) is 0 Å². The second-order valence-electron chi connectivity index (χ2n) is 5.60. The molecule has 1 N–H and O–H groups in total. The highest BCUT2D eigenvalue weighted by Crippen LogP contribution is 2.30. The lowest BCUT2D eigenvalue weighted by atomic mass is 10.0. The average Bonchev–Trinajstić information content (AvgIpc) is 2.43. The molecule has 0 saturated carbocycles. The molecule has 0 fully saturated rings. The zero-order chi connectivity index (χ0) is 15.1. The number of benzene rings is 1. The molecule has 0 heterocycles. The highest BCUT2D eigenvalue weighted by molar-refractivity contribution is 5.55. The van der Waals surface area contributed by atoms with Gasteiger partial charge in [-0.2, -0.15) is 0 Å². The summed E-state index contributed by atoms with van der Waals surface area (Å²) in [5.41, 5.74) is 1.79. The first-order valence-electron chi connectivity index (χ1n) is 7.77. The van der Waals surface area contributed by atoms with Crippen molar-refractivity contribution < 1.29 is 4.39 Å². The third-order valence-electron chi connectivity index (χ3n) is 3.91. The minimum absolute atomic E-state index is 0.0300. The molecule has 0 aliphatic heterocycles. The Morgan fingerprint density at radius 1 is 1.20 bits per heavy atom. The number of rotatable bonds is 8. The SMILES string of the molecule is CCCNC(C)c1c(F)cccc1N(C)C(C)CCC. The fraction of sp³-hybridized carbons (Fsp3) is 0.647. The van der Waals surface area contributed by atoms with Crippen LogP contribution in [0.5, 0.6) is 0 Å². The Morgan fingerprint density at radius 3 is 2.50 bits per heavy atom. The van der Waals surface area contributed by atoms with Gasteiger partial charge in [-0.15, -0.1) is 0 Å². The largest absolute Gasteiger partial charge is 0.372 e. The molecule has 2 unspecified atom stereocenters. The van der Waals surface area contributed by atoms with Crippen molar-refractivity contribution in [2.75, 3.05) is 18.5 Å². The van der Waals surface area contributed by atoms with Gasteiger partial charge in [-0.25, -0.2) is 4.39 Å². The van der Waals surface area contributed by atoms with Crippen LogP contribution in [0.3, 0.4) is 0 Å². The van der Waals surface area contributed by atoms with E-state index in [1.54, 1.807) is 12.1 Å². The van der Waals surface area contributed by atoms with Crippen molar-refractivity contribution in [2.45, 2.75) is 59.0 Å². The van der Waals surface area contributed by atoms with Crippen LogP contribution < -0.4 is 10.2 Å². The molecule has 0 aromatic heterocycles. The first-order chi connectivity index (χ1) is 9.52. The van der Waals surface area contributed by atoms with E-state index in [2.05, 4.69) is 38.0 Å². The predicted octanol–water partition coefficient (Wildman–Crippen LogP) is 4.51. The van der Waals surface area contributed by atoms with Crippen LogP contribution in [0.15, 0.2) is 18.2 Å². The molecule has 0 amide bonds. The number of nitrogens with zero attached hydrogens (tertiary/aromatic N) is 1. The van der Waals surface area contributed by atoms with E-state index >= 15 is 0 Å². The van der Waals surface area contributed by atoms with Gasteiger partial charge in [0.25, 0.3) is 0 Å². The summed E-state index contributed by atoms with van der Waals surface area (Å²) in [5.74, 6) is -0.117. The number of hydrogen-bond acceptors (Lipinski definition) is 2. The van der Waals surface area contributed by atoms with E-state index in [9.17, 15) is 4.39 Å². The van der Waals surface area contributed by atoms with Gasteiger partial charge in [-0.05, 0) is 45.4 Å². The van der Waals surface area contributed by atoms with Gasteiger partial charge < -0.3 is 10.2 Å². The first kappa shape index (κ1) is 17.0. The standard InChI is InChI=1S/C17H29FN2/c1-6-9-13(3)20(5)16-11-8-10-15(18)17(16)14(4)19-12-7-2/h8,10-11,13-14,19H,6-7,9,12H2,1-5H3. The van der Waals surface area contributed by atoms with E-state index in [0.29, 0.717) is 6.04 Å².